The van der Waals surface area contributed by atoms with Crippen molar-refractivity contribution in [2.75, 3.05) is 27.6 Å². The first-order valence-electron chi connectivity index (χ1n) is 13.5. The Morgan fingerprint density at radius 1 is 0.929 bits per heavy atom. The van der Waals surface area contributed by atoms with E-state index in [1.165, 1.54) is 11.8 Å². The number of benzene rings is 3. The van der Waals surface area contributed by atoms with Crippen molar-refractivity contribution >= 4 is 29.3 Å². The third-order valence-electron chi connectivity index (χ3n) is 7.63. The number of alkyl halides is 1. The number of nitrogens with one attached hydrogen (secondary N) is 1. The summed E-state index contributed by atoms with van der Waals surface area (Å²) in [6, 6.07) is 22.3. The molecular weight excluding hydrogens is 570 g/mol. The first-order chi connectivity index (χ1) is 20.4. The van der Waals surface area contributed by atoms with E-state index >= 15 is 0 Å². The number of carbonyl (C=O) groups excluding carboxylic acids is 1. The molecule has 6 nitrogen and oxygen atoms in total. The van der Waals surface area contributed by atoms with Gasteiger partial charge in [-0.1, -0.05) is 48.5 Å². The molecule has 1 atom stereocenters. The van der Waals surface area contributed by atoms with Crippen molar-refractivity contribution in [2.45, 2.75) is 29.7 Å². The zero-order valence-corrected chi connectivity index (χ0v) is 25.5. The second-order valence-electron chi connectivity index (χ2n) is 9.86. The number of methoxy groups -OCH3 is 3. The van der Waals surface area contributed by atoms with E-state index in [0.717, 1.165) is 33.4 Å². The lowest BCUT2D eigenvalue weighted by atomic mass is 9.93. The van der Waals surface area contributed by atoms with Gasteiger partial charge in [0.1, 0.15) is 0 Å². The number of aryl methyl sites for hydroxylation is 1. The van der Waals surface area contributed by atoms with Crippen LogP contribution in [0.15, 0.2) is 82.5 Å². The highest BCUT2D eigenvalue weighted by Gasteiger charge is 2.30. The van der Waals surface area contributed by atoms with Crippen LogP contribution in [0.1, 0.15) is 39.5 Å². The number of carbonyl (C=O) groups is 1. The topological polar surface area (TPSA) is 73.9 Å². The maximum absolute atomic E-state index is 14.1. The van der Waals surface area contributed by atoms with Gasteiger partial charge in [0.25, 0.3) is 5.91 Å². The van der Waals surface area contributed by atoms with Gasteiger partial charge in [0.15, 0.2) is 16.9 Å². The Morgan fingerprint density at radius 3 is 2.36 bits per heavy atom. The monoisotopic (exact) mass is 601 g/mol. The summed E-state index contributed by atoms with van der Waals surface area (Å²) in [5, 5.41) is 3.27. The van der Waals surface area contributed by atoms with E-state index in [1.54, 1.807) is 27.4 Å². The van der Waals surface area contributed by atoms with E-state index in [-0.39, 0.29) is 17.2 Å². The fourth-order valence-electron chi connectivity index (χ4n) is 5.70. The molecule has 0 aromatic heterocycles. The van der Waals surface area contributed by atoms with Crippen molar-refractivity contribution in [3.05, 3.63) is 105 Å². The van der Waals surface area contributed by atoms with Gasteiger partial charge in [-0.25, -0.2) is 0 Å². The normalized spacial score (nSPS) is 13.8. The molecule has 1 N–H and O–H groups in total. The Kier molecular flexibility index (Phi) is 9.09. The molecule has 216 valence electrons. The fourth-order valence-corrected chi connectivity index (χ4v) is 6.39. The summed E-state index contributed by atoms with van der Waals surface area (Å²) in [5.41, 5.74) is 6.29. The number of ether oxygens (including phenoxy) is 3. The van der Waals surface area contributed by atoms with Crippen molar-refractivity contribution in [1.82, 2.24) is 5.32 Å². The third kappa shape index (κ3) is 5.46. The van der Waals surface area contributed by atoms with Gasteiger partial charge in [-0.05, 0) is 76.7 Å². The molecule has 4 aromatic rings. The minimum Gasteiger partial charge on any atom is -0.493 e. The molecule has 5 rings (SSSR count). The SMILES string of the molecule is COc1cc2c(c(OC)c1OC)-c1ccc(SC)c(=O)cc1[C@@H](NC(=O)c1cccc(CCl)c1-c1ccccc1)CC2. The summed E-state index contributed by atoms with van der Waals surface area (Å²) in [7, 11) is 4.75. The van der Waals surface area contributed by atoms with Crippen LogP contribution in [-0.2, 0) is 12.3 Å². The number of fused-ring (bicyclic) bond motifs is 3. The van der Waals surface area contributed by atoms with Crippen LogP contribution < -0.4 is 25.0 Å². The van der Waals surface area contributed by atoms with Gasteiger partial charge in [0, 0.05) is 17.0 Å². The summed E-state index contributed by atoms with van der Waals surface area (Å²) in [5.74, 6) is 1.57. The lowest BCUT2D eigenvalue weighted by Crippen LogP contribution is -2.29. The lowest BCUT2D eigenvalue weighted by Gasteiger charge is -2.21. The van der Waals surface area contributed by atoms with Crippen molar-refractivity contribution in [3.63, 3.8) is 0 Å². The van der Waals surface area contributed by atoms with E-state index in [1.807, 2.05) is 73.0 Å². The van der Waals surface area contributed by atoms with Gasteiger partial charge in [0.05, 0.1) is 32.3 Å². The van der Waals surface area contributed by atoms with Gasteiger partial charge < -0.3 is 19.5 Å². The molecule has 0 aliphatic heterocycles. The zero-order valence-electron chi connectivity index (χ0n) is 24.0. The molecule has 42 heavy (non-hydrogen) atoms. The standard InChI is InChI=1S/C34H32ClNO5S/c1-39-28-17-21-13-15-26(36-34(38)24-12-8-11-22(19-35)30(24)20-9-6-5-7-10-20)25-18-27(37)29(42-4)16-14-23(25)31(21)33(41-3)32(28)40-2/h5-12,14,16-18,26H,13,15,19H2,1-4H3,(H,36,38)/t26-/m0/s1. The van der Waals surface area contributed by atoms with E-state index in [4.69, 9.17) is 25.8 Å². The highest BCUT2D eigenvalue weighted by molar-refractivity contribution is 7.98. The molecule has 0 bridgehead atoms. The van der Waals surface area contributed by atoms with Crippen LogP contribution in [0.4, 0.5) is 0 Å². The molecule has 1 amide bonds. The number of hydrogen-bond acceptors (Lipinski definition) is 6. The van der Waals surface area contributed by atoms with Gasteiger partial charge in [-0.15, -0.1) is 23.4 Å². The number of hydrogen-bond donors (Lipinski definition) is 1. The van der Waals surface area contributed by atoms with Crippen LogP contribution in [0, 0.1) is 0 Å². The second kappa shape index (κ2) is 12.9. The van der Waals surface area contributed by atoms with Crippen LogP contribution in [0.3, 0.4) is 0 Å². The molecule has 0 saturated heterocycles. The van der Waals surface area contributed by atoms with Crippen LogP contribution in [0.5, 0.6) is 17.2 Å². The Balaban J connectivity index is 1.68. The summed E-state index contributed by atoms with van der Waals surface area (Å²) in [6.07, 6.45) is 3.03. The summed E-state index contributed by atoms with van der Waals surface area (Å²) in [4.78, 5) is 28.0. The van der Waals surface area contributed by atoms with Crippen LogP contribution in [-0.4, -0.2) is 33.5 Å². The smallest absolute Gasteiger partial charge is 0.252 e. The van der Waals surface area contributed by atoms with Crippen LogP contribution in [0.25, 0.3) is 22.3 Å². The minimum absolute atomic E-state index is 0.111. The maximum Gasteiger partial charge on any atom is 0.252 e. The average molecular weight is 602 g/mol. The Bertz CT molecular complexity index is 1690. The second-order valence-corrected chi connectivity index (χ2v) is 11.0. The Morgan fingerprint density at radius 2 is 1.69 bits per heavy atom. The van der Waals surface area contributed by atoms with Crippen molar-refractivity contribution < 1.29 is 19.0 Å². The molecule has 1 aliphatic carbocycles. The van der Waals surface area contributed by atoms with Crippen molar-refractivity contribution in [1.29, 1.82) is 0 Å². The summed E-state index contributed by atoms with van der Waals surface area (Å²) in [6.45, 7) is 0. The number of rotatable bonds is 8. The summed E-state index contributed by atoms with van der Waals surface area (Å²) >= 11 is 7.71. The van der Waals surface area contributed by atoms with Gasteiger partial charge in [0.2, 0.25) is 5.75 Å². The Labute approximate surface area is 255 Å². The fraction of sp³-hybridized carbons (Fsp3) is 0.235. The van der Waals surface area contributed by atoms with Crippen LogP contribution in [0.2, 0.25) is 0 Å². The molecule has 0 saturated carbocycles. The van der Waals surface area contributed by atoms with Gasteiger partial charge in [-0.3, -0.25) is 9.59 Å². The number of thioether (sulfide) groups is 1. The highest BCUT2D eigenvalue weighted by atomic mass is 35.5. The molecule has 1 aliphatic rings. The molecular formula is C34H32ClNO5S. The molecule has 0 fully saturated rings. The maximum atomic E-state index is 14.1. The molecule has 0 heterocycles. The third-order valence-corrected chi connectivity index (χ3v) is 8.69. The predicted octanol–water partition coefficient (Wildman–Crippen LogP) is 7.28. The van der Waals surface area contributed by atoms with E-state index in [9.17, 15) is 9.59 Å². The molecule has 0 spiro atoms. The molecule has 0 radical (unpaired) electrons. The lowest BCUT2D eigenvalue weighted by molar-refractivity contribution is 0.0935. The first-order valence-corrected chi connectivity index (χ1v) is 15.3. The van der Waals surface area contributed by atoms with Gasteiger partial charge >= 0.3 is 0 Å². The number of amides is 1. The molecule has 8 heteroatoms. The largest absolute Gasteiger partial charge is 0.493 e. The predicted molar refractivity (Wildman–Crippen MR) is 170 cm³/mol. The van der Waals surface area contributed by atoms with E-state index in [0.29, 0.717) is 46.1 Å². The van der Waals surface area contributed by atoms with Crippen molar-refractivity contribution in [3.8, 4) is 39.5 Å². The molecule has 0 unspecified atom stereocenters. The molecule has 4 aromatic carbocycles. The van der Waals surface area contributed by atoms with Crippen molar-refractivity contribution in [2.24, 2.45) is 0 Å². The number of halogens is 1. The van der Waals surface area contributed by atoms with Crippen LogP contribution >= 0.6 is 23.4 Å². The highest BCUT2D eigenvalue weighted by Crippen LogP contribution is 2.50. The minimum atomic E-state index is -0.459. The Hall–Kier alpha value is -3.94. The van der Waals surface area contributed by atoms with E-state index in [2.05, 4.69) is 5.32 Å². The summed E-state index contributed by atoms with van der Waals surface area (Å²) < 4.78 is 17.2. The quantitative estimate of drug-likeness (QED) is 0.169. The first kappa shape index (κ1) is 29.5. The van der Waals surface area contributed by atoms with E-state index < -0.39 is 6.04 Å². The zero-order chi connectivity index (χ0) is 29.8. The van der Waals surface area contributed by atoms with Gasteiger partial charge in [-0.2, -0.15) is 0 Å². The average Bonchev–Trinajstić information content (AvgIpc) is 3.27.